The minimum Gasteiger partial charge on any atom is -0.353 e. The number of amides is 2. The minimum atomic E-state index is -0.517. The summed E-state index contributed by atoms with van der Waals surface area (Å²) in [5, 5.41) is 18.9. The fourth-order valence-corrected chi connectivity index (χ4v) is 4.49. The summed E-state index contributed by atoms with van der Waals surface area (Å²) < 4.78 is 0. The van der Waals surface area contributed by atoms with E-state index >= 15 is 0 Å². The van der Waals surface area contributed by atoms with Crippen LogP contribution in [0, 0.1) is 33.5 Å². The van der Waals surface area contributed by atoms with Crippen LogP contribution < -0.4 is 4.90 Å². The van der Waals surface area contributed by atoms with Crippen molar-refractivity contribution in [2.45, 2.75) is 39.5 Å². The van der Waals surface area contributed by atoms with Crippen LogP contribution in [0.15, 0.2) is 30.3 Å². The van der Waals surface area contributed by atoms with Crippen LogP contribution in [0.1, 0.15) is 39.5 Å². The summed E-state index contributed by atoms with van der Waals surface area (Å²) in [6.45, 7) is 6.08. The highest BCUT2D eigenvalue weighted by Crippen LogP contribution is 2.30. The number of carbonyl (C=O) groups excluding carboxylic acids is 2. The lowest BCUT2D eigenvalue weighted by molar-refractivity contribution is -0.133. The number of hydrogen-bond donors (Lipinski definition) is 0. The van der Waals surface area contributed by atoms with E-state index in [0.717, 1.165) is 31.4 Å². The molecule has 7 nitrogen and oxygen atoms in total. The Kier molecular flexibility index (Phi) is 6.85. The maximum Gasteiger partial charge on any atom is 0.242 e. The summed E-state index contributed by atoms with van der Waals surface area (Å²) in [5.74, 6) is -0.142. The third-order valence-electron chi connectivity index (χ3n) is 6.41. The first-order valence-electron chi connectivity index (χ1n) is 11.0. The summed E-state index contributed by atoms with van der Waals surface area (Å²) in [6.07, 6.45) is 3.20. The number of rotatable bonds is 5. The number of hydrogen-bond acceptors (Lipinski definition) is 5. The maximum atomic E-state index is 13.1. The molecule has 7 heteroatoms. The standard InChI is InChI=1S/C24H31N5O2/c1-23(16-25)10-6-12-27(18-23)21(30)14-29(20-8-4-3-5-9-20)15-22(31)28-13-7-11-24(2,17-26)19-28/h3-5,8-9H,6-7,10-15,18-19H2,1-2H3. The molecule has 0 aromatic heterocycles. The van der Waals surface area contributed by atoms with E-state index < -0.39 is 10.8 Å². The smallest absolute Gasteiger partial charge is 0.242 e. The van der Waals surface area contributed by atoms with Gasteiger partial charge in [0.25, 0.3) is 0 Å². The number of carbonyl (C=O) groups is 2. The van der Waals surface area contributed by atoms with Gasteiger partial charge in [-0.2, -0.15) is 10.5 Å². The first-order valence-corrected chi connectivity index (χ1v) is 11.0. The Labute approximate surface area is 184 Å². The molecule has 0 radical (unpaired) electrons. The Balaban J connectivity index is 1.72. The van der Waals surface area contributed by atoms with Gasteiger partial charge in [0.2, 0.25) is 11.8 Å². The van der Waals surface area contributed by atoms with Gasteiger partial charge >= 0.3 is 0 Å². The van der Waals surface area contributed by atoms with Gasteiger partial charge in [0.05, 0.1) is 36.1 Å². The van der Waals surface area contributed by atoms with Gasteiger partial charge in [-0.1, -0.05) is 18.2 Å². The Bertz CT molecular complexity index is 835. The fourth-order valence-electron chi connectivity index (χ4n) is 4.49. The van der Waals surface area contributed by atoms with Gasteiger partial charge in [-0.25, -0.2) is 0 Å². The molecule has 0 N–H and O–H groups in total. The molecular formula is C24H31N5O2. The zero-order valence-electron chi connectivity index (χ0n) is 18.5. The Morgan fingerprint density at radius 2 is 1.35 bits per heavy atom. The number of nitrogens with zero attached hydrogens (tertiary/aromatic N) is 5. The van der Waals surface area contributed by atoms with Crippen LogP contribution >= 0.6 is 0 Å². The van der Waals surface area contributed by atoms with Crippen molar-refractivity contribution in [1.82, 2.24) is 9.80 Å². The highest BCUT2D eigenvalue weighted by Gasteiger charge is 2.35. The van der Waals surface area contributed by atoms with E-state index in [-0.39, 0.29) is 24.9 Å². The quantitative estimate of drug-likeness (QED) is 0.729. The van der Waals surface area contributed by atoms with Crippen molar-refractivity contribution < 1.29 is 9.59 Å². The van der Waals surface area contributed by atoms with Gasteiger partial charge in [0.1, 0.15) is 0 Å². The van der Waals surface area contributed by atoms with Crippen LogP contribution in [0.5, 0.6) is 0 Å². The Morgan fingerprint density at radius 3 is 1.77 bits per heavy atom. The van der Waals surface area contributed by atoms with Crippen molar-refractivity contribution in [1.29, 1.82) is 10.5 Å². The third-order valence-corrected chi connectivity index (χ3v) is 6.41. The Morgan fingerprint density at radius 1 is 0.903 bits per heavy atom. The van der Waals surface area contributed by atoms with E-state index in [9.17, 15) is 20.1 Å². The molecule has 1 aromatic rings. The number of anilines is 1. The van der Waals surface area contributed by atoms with Crippen LogP contribution in [0.3, 0.4) is 0 Å². The van der Waals surface area contributed by atoms with Crippen LogP contribution in [-0.2, 0) is 9.59 Å². The lowest BCUT2D eigenvalue weighted by Crippen LogP contribution is -2.51. The number of likely N-dealkylation sites (tertiary alicyclic amines) is 2. The lowest BCUT2D eigenvalue weighted by Gasteiger charge is -2.39. The van der Waals surface area contributed by atoms with Gasteiger partial charge in [-0.3, -0.25) is 9.59 Å². The van der Waals surface area contributed by atoms with Crippen molar-refractivity contribution in [3.63, 3.8) is 0 Å². The topological polar surface area (TPSA) is 91.4 Å². The second kappa shape index (κ2) is 9.39. The number of nitriles is 2. The molecule has 1 aromatic carbocycles. The normalized spacial score (nSPS) is 25.9. The van der Waals surface area contributed by atoms with Crippen molar-refractivity contribution in [2.75, 3.05) is 44.2 Å². The number of benzene rings is 1. The second-order valence-corrected chi connectivity index (χ2v) is 9.37. The molecule has 2 amide bonds. The first-order chi connectivity index (χ1) is 14.8. The van der Waals surface area contributed by atoms with Crippen molar-refractivity contribution in [3.05, 3.63) is 30.3 Å². The number of para-hydroxylation sites is 1. The van der Waals surface area contributed by atoms with Crippen LogP contribution in [-0.4, -0.2) is 60.9 Å². The third kappa shape index (κ3) is 5.55. The highest BCUT2D eigenvalue weighted by atomic mass is 16.2. The van der Waals surface area contributed by atoms with Gasteiger partial charge in [0, 0.05) is 31.9 Å². The summed E-state index contributed by atoms with van der Waals surface area (Å²) in [6, 6.07) is 14.2. The SMILES string of the molecule is CC1(C#N)CCCN(C(=O)CN(CC(=O)N2CCCC(C)(C#N)C2)c2ccccc2)C1. The number of piperidine rings is 2. The van der Waals surface area contributed by atoms with Crippen molar-refractivity contribution in [2.24, 2.45) is 10.8 Å². The van der Waals surface area contributed by atoms with E-state index in [4.69, 9.17) is 0 Å². The van der Waals surface area contributed by atoms with Gasteiger partial charge in [-0.05, 0) is 51.7 Å². The minimum absolute atomic E-state index is 0.0710. The van der Waals surface area contributed by atoms with E-state index in [1.54, 1.807) is 14.7 Å². The molecule has 2 aliphatic rings. The molecule has 2 atom stereocenters. The molecule has 0 spiro atoms. The molecule has 2 aliphatic heterocycles. The van der Waals surface area contributed by atoms with Crippen molar-refractivity contribution in [3.8, 4) is 12.1 Å². The van der Waals surface area contributed by atoms with Crippen LogP contribution in [0.2, 0.25) is 0 Å². The second-order valence-electron chi connectivity index (χ2n) is 9.37. The molecule has 2 saturated heterocycles. The highest BCUT2D eigenvalue weighted by molar-refractivity contribution is 5.86. The molecule has 0 aliphatic carbocycles. The van der Waals surface area contributed by atoms with Gasteiger partial charge < -0.3 is 14.7 Å². The van der Waals surface area contributed by atoms with E-state index in [1.807, 2.05) is 44.2 Å². The maximum absolute atomic E-state index is 13.1. The molecule has 0 saturated carbocycles. The van der Waals surface area contributed by atoms with Crippen molar-refractivity contribution >= 4 is 17.5 Å². The summed E-state index contributed by atoms with van der Waals surface area (Å²) in [4.78, 5) is 31.5. The predicted molar refractivity (Wildman–Crippen MR) is 118 cm³/mol. The summed E-state index contributed by atoms with van der Waals surface area (Å²) in [5.41, 5.74) is -0.224. The zero-order valence-corrected chi connectivity index (χ0v) is 18.5. The average molecular weight is 422 g/mol. The summed E-state index contributed by atoms with van der Waals surface area (Å²) in [7, 11) is 0. The van der Waals surface area contributed by atoms with Crippen LogP contribution in [0.25, 0.3) is 0 Å². The van der Waals surface area contributed by atoms with Crippen LogP contribution in [0.4, 0.5) is 5.69 Å². The van der Waals surface area contributed by atoms with E-state index in [1.165, 1.54) is 0 Å². The fraction of sp³-hybridized carbons (Fsp3) is 0.583. The molecule has 31 heavy (non-hydrogen) atoms. The molecule has 164 valence electrons. The van der Waals surface area contributed by atoms with Gasteiger partial charge in [0.15, 0.2) is 0 Å². The Hall–Kier alpha value is -3.06. The molecular weight excluding hydrogens is 390 g/mol. The zero-order chi connectivity index (χ0) is 22.5. The first kappa shape index (κ1) is 22.6. The van der Waals surface area contributed by atoms with Gasteiger partial charge in [-0.15, -0.1) is 0 Å². The molecule has 0 bridgehead atoms. The predicted octanol–water partition coefficient (Wildman–Crippen LogP) is 2.80. The molecule has 2 unspecified atom stereocenters. The monoisotopic (exact) mass is 421 g/mol. The molecule has 2 fully saturated rings. The molecule has 2 heterocycles. The molecule has 3 rings (SSSR count). The van der Waals surface area contributed by atoms with E-state index in [0.29, 0.717) is 26.2 Å². The lowest BCUT2D eigenvalue weighted by atomic mass is 9.83. The van der Waals surface area contributed by atoms with E-state index in [2.05, 4.69) is 12.1 Å². The largest absolute Gasteiger partial charge is 0.353 e. The average Bonchev–Trinajstić information content (AvgIpc) is 2.79. The summed E-state index contributed by atoms with van der Waals surface area (Å²) >= 11 is 0.